The minimum absolute atomic E-state index is 0.0909. The van der Waals surface area contributed by atoms with Gasteiger partial charge in [0.1, 0.15) is 6.23 Å². The first kappa shape index (κ1) is 29.3. The number of carbonyl (C=O) groups excluding carboxylic acids is 1. The van der Waals surface area contributed by atoms with E-state index in [0.29, 0.717) is 6.42 Å². The van der Waals surface area contributed by atoms with Crippen molar-refractivity contribution in [3.63, 3.8) is 0 Å². The van der Waals surface area contributed by atoms with Crippen LogP contribution in [-0.4, -0.2) is 45.9 Å². The normalized spacial score (nSPS) is 20.9. The first-order valence-corrected chi connectivity index (χ1v) is 11.0. The maximum Gasteiger partial charge on any atom is 0.330 e. The second-order valence-corrected chi connectivity index (χ2v) is 7.40. The van der Waals surface area contributed by atoms with E-state index in [9.17, 15) is 14.4 Å². The van der Waals surface area contributed by atoms with Crippen LogP contribution in [0.3, 0.4) is 0 Å². The summed E-state index contributed by atoms with van der Waals surface area (Å²) in [6, 6.07) is 1.34. The maximum atomic E-state index is 11.6. The topological polar surface area (TPSA) is 132 Å². The molecule has 1 aromatic rings. The van der Waals surface area contributed by atoms with Crippen molar-refractivity contribution in [3.8, 4) is 0 Å². The molecular formula is C20H36ClN3O7. The van der Waals surface area contributed by atoms with E-state index in [1.54, 1.807) is 26.4 Å². The quantitative estimate of drug-likeness (QED) is 0.231. The van der Waals surface area contributed by atoms with Gasteiger partial charge >= 0.3 is 11.7 Å². The van der Waals surface area contributed by atoms with Gasteiger partial charge in [-0.3, -0.25) is 29.2 Å². The number of aromatic amines is 1. The third-order valence-electron chi connectivity index (χ3n) is 4.51. The number of H-pyrrole nitrogens is 1. The number of esters is 1. The molecule has 10 nitrogen and oxygen atoms in total. The summed E-state index contributed by atoms with van der Waals surface area (Å²) in [5, 5.41) is 8.07. The molecule has 1 aromatic heterocycles. The van der Waals surface area contributed by atoms with Gasteiger partial charge in [-0.2, -0.15) is 0 Å². The summed E-state index contributed by atoms with van der Waals surface area (Å²) in [6.07, 6.45) is 5.24. The Bertz CT molecular complexity index is 738. The molecule has 2 heterocycles. The molecule has 0 spiro atoms. The van der Waals surface area contributed by atoms with Gasteiger partial charge in [0.15, 0.2) is 0 Å². The molecule has 0 saturated carbocycles. The highest BCUT2D eigenvalue weighted by molar-refractivity contribution is 6.15. The fourth-order valence-corrected chi connectivity index (χ4v) is 2.90. The number of halogens is 1. The van der Waals surface area contributed by atoms with Gasteiger partial charge in [0.2, 0.25) is 0 Å². The lowest BCUT2D eigenvalue weighted by molar-refractivity contribution is -0.156. The third kappa shape index (κ3) is 10.9. The van der Waals surface area contributed by atoms with Crippen LogP contribution in [0.5, 0.6) is 0 Å². The molecule has 2 rings (SSSR count). The Labute approximate surface area is 187 Å². The van der Waals surface area contributed by atoms with E-state index in [2.05, 4.69) is 35.3 Å². The number of nitrogens with zero attached hydrogens (tertiary/aromatic N) is 1. The van der Waals surface area contributed by atoms with E-state index in [4.69, 9.17) is 14.7 Å². The van der Waals surface area contributed by atoms with Gasteiger partial charge in [0, 0.05) is 24.6 Å². The average Bonchev–Trinajstić information content (AvgIpc) is 3.10. The van der Waals surface area contributed by atoms with Gasteiger partial charge in [-0.25, -0.2) is 4.79 Å². The van der Waals surface area contributed by atoms with Crippen LogP contribution < -0.4 is 16.9 Å². The summed E-state index contributed by atoms with van der Waals surface area (Å²) in [7, 11) is 0. The zero-order valence-corrected chi connectivity index (χ0v) is 19.8. The van der Waals surface area contributed by atoms with Gasteiger partial charge in [0.05, 0.1) is 24.7 Å². The number of hydrogen-bond acceptors (Lipinski definition) is 8. The molecule has 3 N–H and O–H groups in total. The van der Waals surface area contributed by atoms with Crippen LogP contribution in [0.25, 0.3) is 0 Å². The van der Waals surface area contributed by atoms with Crippen molar-refractivity contribution < 1.29 is 24.3 Å². The number of rotatable bonds is 8. The second-order valence-electron chi connectivity index (χ2n) is 7.40. The third-order valence-corrected chi connectivity index (χ3v) is 4.51. The van der Waals surface area contributed by atoms with E-state index < -0.39 is 5.69 Å². The largest absolute Gasteiger partial charge is 0.463 e. The van der Waals surface area contributed by atoms with Crippen molar-refractivity contribution >= 4 is 17.6 Å². The monoisotopic (exact) mass is 465 g/mol. The van der Waals surface area contributed by atoms with E-state index in [1.165, 1.54) is 23.2 Å². The number of carbonyl (C=O) groups is 1. The Balaban J connectivity index is 0.000000550. The van der Waals surface area contributed by atoms with Gasteiger partial charge in [-0.15, -0.1) is 11.6 Å². The molecule has 4 atom stereocenters. The minimum Gasteiger partial charge on any atom is -0.463 e. The molecule has 4 unspecified atom stereocenters. The Hall–Kier alpha value is -1.72. The first-order valence-electron chi connectivity index (χ1n) is 10.3. The van der Waals surface area contributed by atoms with Crippen molar-refractivity contribution in [3.05, 3.63) is 33.1 Å². The predicted molar refractivity (Wildman–Crippen MR) is 117 cm³/mol. The minimum atomic E-state index is -0.402. The van der Waals surface area contributed by atoms with Gasteiger partial charge < -0.3 is 9.47 Å². The number of ether oxygens (including phenoxy) is 2. The Morgan fingerprint density at radius 2 is 2.03 bits per heavy atom. The van der Waals surface area contributed by atoms with Gasteiger partial charge in [0.25, 0.3) is 5.56 Å². The molecular weight excluding hydrogens is 430 g/mol. The van der Waals surface area contributed by atoms with Crippen molar-refractivity contribution in [2.75, 3.05) is 13.0 Å². The van der Waals surface area contributed by atoms with Crippen LogP contribution in [-0.2, 0) is 19.1 Å². The van der Waals surface area contributed by atoms with Crippen LogP contribution in [0.2, 0.25) is 0 Å². The Morgan fingerprint density at radius 3 is 2.52 bits per heavy atom. The molecule has 1 saturated heterocycles. The molecule has 0 aromatic carbocycles. The first-order chi connectivity index (χ1) is 14.7. The maximum absolute atomic E-state index is 11.6. The number of aromatic nitrogens is 2. The molecule has 11 heteroatoms. The highest BCUT2D eigenvalue weighted by atomic mass is 35.5. The zero-order valence-electron chi connectivity index (χ0n) is 19.1. The van der Waals surface area contributed by atoms with Crippen molar-refractivity contribution in [1.82, 2.24) is 15.2 Å². The molecule has 31 heavy (non-hydrogen) atoms. The lowest BCUT2D eigenvalue weighted by atomic mass is 10.0. The van der Waals surface area contributed by atoms with Gasteiger partial charge in [-0.1, -0.05) is 26.4 Å². The summed E-state index contributed by atoms with van der Waals surface area (Å²) in [4.78, 5) is 40.4. The lowest BCUT2D eigenvalue weighted by Gasteiger charge is -2.17. The molecule has 1 aliphatic rings. The summed E-state index contributed by atoms with van der Waals surface area (Å²) < 4.78 is 12.2. The SMILES string of the molecule is CC(C)OC(=O)C(C)CCONO.CCC1CC(C)C(n2ccc(=O)[nH]c2=O)O1.CCl. The smallest absolute Gasteiger partial charge is 0.330 e. The van der Waals surface area contributed by atoms with Crippen molar-refractivity contribution in [1.29, 1.82) is 0 Å². The lowest BCUT2D eigenvalue weighted by Crippen LogP contribution is -2.33. The Kier molecular flexibility index (Phi) is 15.1. The summed E-state index contributed by atoms with van der Waals surface area (Å²) in [5.41, 5.74) is 0.773. The number of alkyl halides is 1. The molecule has 180 valence electrons. The molecule has 0 bridgehead atoms. The van der Waals surface area contributed by atoms with Crippen molar-refractivity contribution in [2.45, 2.75) is 72.3 Å². The standard InChI is InChI=1S/C11H16N2O3.C8H17NO4.CH3Cl/c1-3-8-6-7(2)10(16-8)13-5-4-9(14)12-11(13)15;1-6(2)13-8(10)7(3)4-5-12-9-11;1-2/h4-5,7-8,10H,3,6H2,1-2H3,(H,12,14,15);6-7,9,11H,4-5H2,1-3H3;1H3. The van der Waals surface area contributed by atoms with Crippen LogP contribution in [0.15, 0.2) is 21.9 Å². The molecule has 0 amide bonds. The molecule has 1 aliphatic heterocycles. The van der Waals surface area contributed by atoms with Crippen LogP contribution >= 0.6 is 11.6 Å². The summed E-state index contributed by atoms with van der Waals surface area (Å²) >= 11 is 4.64. The summed E-state index contributed by atoms with van der Waals surface area (Å²) in [5.74, 6) is -0.166. The number of nitrogens with one attached hydrogen (secondary N) is 2. The summed E-state index contributed by atoms with van der Waals surface area (Å²) in [6.45, 7) is 9.75. The van der Waals surface area contributed by atoms with E-state index in [0.717, 1.165) is 12.8 Å². The highest BCUT2D eigenvalue weighted by Crippen LogP contribution is 2.34. The molecule has 1 fully saturated rings. The van der Waals surface area contributed by atoms with Crippen molar-refractivity contribution in [2.24, 2.45) is 11.8 Å². The highest BCUT2D eigenvalue weighted by Gasteiger charge is 2.32. The fourth-order valence-electron chi connectivity index (χ4n) is 2.90. The molecule has 0 aliphatic carbocycles. The van der Waals surface area contributed by atoms with E-state index in [-0.39, 0.29) is 48.4 Å². The average molecular weight is 466 g/mol. The van der Waals surface area contributed by atoms with Crippen LogP contribution in [0.1, 0.15) is 60.1 Å². The second kappa shape index (κ2) is 16.0. The van der Waals surface area contributed by atoms with E-state index in [1.807, 2.05) is 0 Å². The van der Waals surface area contributed by atoms with E-state index >= 15 is 0 Å². The number of hydrogen-bond donors (Lipinski definition) is 3. The van der Waals surface area contributed by atoms with Crippen LogP contribution in [0, 0.1) is 11.8 Å². The van der Waals surface area contributed by atoms with Crippen LogP contribution in [0.4, 0.5) is 0 Å². The zero-order chi connectivity index (χ0) is 24.0. The predicted octanol–water partition coefficient (Wildman–Crippen LogP) is 2.60. The fraction of sp³-hybridized carbons (Fsp3) is 0.750. The van der Waals surface area contributed by atoms with Gasteiger partial charge in [-0.05, 0) is 33.1 Å². The Morgan fingerprint density at radius 1 is 1.39 bits per heavy atom. The molecule has 0 radical (unpaired) electrons.